The van der Waals surface area contributed by atoms with Crippen LogP contribution in [-0.4, -0.2) is 10.8 Å². The highest BCUT2D eigenvalue weighted by atomic mass is 16.6. The molecule has 6 heteroatoms. The first-order valence-electron chi connectivity index (χ1n) is 8.72. The average molecular weight is 373 g/mol. The summed E-state index contributed by atoms with van der Waals surface area (Å²) in [5.41, 5.74) is 5.03. The second kappa shape index (κ2) is 9.14. The molecule has 1 N–H and O–H groups in total. The van der Waals surface area contributed by atoms with E-state index in [2.05, 4.69) is 5.43 Å². The third kappa shape index (κ3) is 5.04. The predicted octanol–water partition coefficient (Wildman–Crippen LogP) is 4.35. The van der Waals surface area contributed by atoms with Crippen LogP contribution in [0.25, 0.3) is 6.08 Å². The molecule has 0 aliphatic carbocycles. The number of hydrazine groups is 1. The molecule has 0 unspecified atom stereocenters. The van der Waals surface area contributed by atoms with Crippen LogP contribution in [0.2, 0.25) is 0 Å². The lowest BCUT2D eigenvalue weighted by Gasteiger charge is -2.25. The molecule has 3 rings (SSSR count). The highest BCUT2D eigenvalue weighted by molar-refractivity contribution is 5.93. The normalized spacial score (nSPS) is 10.6. The molecule has 0 spiro atoms. The number of nitrogens with one attached hydrogen (secondary N) is 1. The van der Waals surface area contributed by atoms with Crippen molar-refractivity contribution in [2.24, 2.45) is 0 Å². The predicted molar refractivity (Wildman–Crippen MR) is 109 cm³/mol. The number of nitrogens with zero attached hydrogens (tertiary/aromatic N) is 2. The summed E-state index contributed by atoms with van der Waals surface area (Å²) >= 11 is 0. The number of carbonyl (C=O) groups excluding carboxylic acids is 1. The van der Waals surface area contributed by atoms with Crippen molar-refractivity contribution in [3.05, 3.63) is 112 Å². The molecule has 0 saturated heterocycles. The van der Waals surface area contributed by atoms with E-state index in [9.17, 15) is 14.9 Å². The summed E-state index contributed by atoms with van der Waals surface area (Å²) in [6.45, 7) is 0.482. The average Bonchev–Trinajstić information content (AvgIpc) is 2.73. The van der Waals surface area contributed by atoms with Gasteiger partial charge >= 0.3 is 0 Å². The third-order valence-corrected chi connectivity index (χ3v) is 4.04. The molecule has 3 aromatic carbocycles. The summed E-state index contributed by atoms with van der Waals surface area (Å²) in [6.07, 6.45) is 2.74. The zero-order chi connectivity index (χ0) is 19.8. The molecule has 0 radical (unpaired) electrons. The van der Waals surface area contributed by atoms with Gasteiger partial charge in [0.05, 0.1) is 22.7 Å². The van der Waals surface area contributed by atoms with Gasteiger partial charge in [0.15, 0.2) is 0 Å². The van der Waals surface area contributed by atoms with E-state index in [0.29, 0.717) is 12.1 Å². The van der Waals surface area contributed by atoms with Gasteiger partial charge in [0.25, 0.3) is 11.6 Å². The number of benzene rings is 3. The van der Waals surface area contributed by atoms with Crippen LogP contribution in [0.3, 0.4) is 0 Å². The van der Waals surface area contributed by atoms with Crippen molar-refractivity contribution in [2.75, 3.05) is 5.01 Å². The van der Waals surface area contributed by atoms with Gasteiger partial charge in [-0.2, -0.15) is 0 Å². The molecule has 140 valence electrons. The highest BCUT2D eigenvalue weighted by Crippen LogP contribution is 2.19. The van der Waals surface area contributed by atoms with Crippen molar-refractivity contribution in [1.29, 1.82) is 0 Å². The SMILES string of the molecule is O=C(/C=C/c1ccccc1[N+](=O)[O-])NN(Cc1ccccc1)c1ccccc1. The van der Waals surface area contributed by atoms with E-state index in [1.807, 2.05) is 60.7 Å². The van der Waals surface area contributed by atoms with Crippen molar-refractivity contribution in [1.82, 2.24) is 5.43 Å². The molecular formula is C22H19N3O3. The van der Waals surface area contributed by atoms with E-state index in [0.717, 1.165) is 11.3 Å². The van der Waals surface area contributed by atoms with Crippen LogP contribution in [-0.2, 0) is 11.3 Å². The number of hydrogen-bond donors (Lipinski definition) is 1. The van der Waals surface area contributed by atoms with Gasteiger partial charge in [-0.05, 0) is 29.8 Å². The monoisotopic (exact) mass is 373 g/mol. The molecule has 0 saturated carbocycles. The molecule has 3 aromatic rings. The van der Waals surface area contributed by atoms with Crippen LogP contribution in [0.1, 0.15) is 11.1 Å². The number of nitro groups is 1. The topological polar surface area (TPSA) is 75.5 Å². The van der Waals surface area contributed by atoms with Gasteiger partial charge in [-0.3, -0.25) is 25.3 Å². The lowest BCUT2D eigenvalue weighted by atomic mass is 10.1. The summed E-state index contributed by atoms with van der Waals surface area (Å²) in [7, 11) is 0. The number of rotatable bonds is 7. The number of carbonyl (C=O) groups is 1. The van der Waals surface area contributed by atoms with Crippen LogP contribution in [0, 0.1) is 10.1 Å². The van der Waals surface area contributed by atoms with Gasteiger partial charge in [-0.15, -0.1) is 0 Å². The molecule has 0 atom stereocenters. The fourth-order valence-corrected chi connectivity index (χ4v) is 2.70. The maximum atomic E-state index is 12.5. The number of amides is 1. The van der Waals surface area contributed by atoms with Crippen molar-refractivity contribution < 1.29 is 9.72 Å². The number of hydrogen-bond acceptors (Lipinski definition) is 4. The van der Waals surface area contributed by atoms with Gasteiger partial charge < -0.3 is 0 Å². The molecular weight excluding hydrogens is 354 g/mol. The lowest BCUT2D eigenvalue weighted by Crippen LogP contribution is -2.41. The molecule has 6 nitrogen and oxygen atoms in total. The van der Waals surface area contributed by atoms with Crippen LogP contribution >= 0.6 is 0 Å². The van der Waals surface area contributed by atoms with Crippen LogP contribution < -0.4 is 10.4 Å². The minimum atomic E-state index is -0.469. The number of para-hydroxylation sites is 2. The van der Waals surface area contributed by atoms with E-state index in [1.54, 1.807) is 23.2 Å². The Kier molecular flexibility index (Phi) is 6.15. The van der Waals surface area contributed by atoms with E-state index in [-0.39, 0.29) is 11.6 Å². The maximum absolute atomic E-state index is 12.5. The largest absolute Gasteiger partial charge is 0.281 e. The molecule has 0 aromatic heterocycles. The number of anilines is 1. The van der Waals surface area contributed by atoms with Crippen LogP contribution in [0.4, 0.5) is 11.4 Å². The summed E-state index contributed by atoms with van der Waals surface area (Å²) in [6, 6.07) is 25.5. The maximum Gasteiger partial charge on any atom is 0.276 e. The summed E-state index contributed by atoms with van der Waals surface area (Å²) in [5.74, 6) is -0.377. The molecule has 28 heavy (non-hydrogen) atoms. The molecule has 0 bridgehead atoms. The van der Waals surface area contributed by atoms with Gasteiger partial charge in [0.1, 0.15) is 0 Å². The Balaban J connectivity index is 1.77. The van der Waals surface area contributed by atoms with Gasteiger partial charge in [0.2, 0.25) is 0 Å². The molecule has 0 fully saturated rings. The zero-order valence-corrected chi connectivity index (χ0v) is 15.1. The second-order valence-electron chi connectivity index (χ2n) is 6.03. The summed E-state index contributed by atoms with van der Waals surface area (Å²) < 4.78 is 0. The van der Waals surface area contributed by atoms with Gasteiger partial charge in [0, 0.05) is 12.1 Å². The molecule has 0 heterocycles. The third-order valence-electron chi connectivity index (χ3n) is 4.04. The Morgan fingerprint density at radius 3 is 2.21 bits per heavy atom. The quantitative estimate of drug-likeness (QED) is 0.380. The number of nitro benzene ring substituents is 1. The van der Waals surface area contributed by atoms with Crippen molar-refractivity contribution in [3.63, 3.8) is 0 Å². The van der Waals surface area contributed by atoms with Crippen molar-refractivity contribution >= 4 is 23.4 Å². The van der Waals surface area contributed by atoms with E-state index in [1.165, 1.54) is 18.2 Å². The van der Waals surface area contributed by atoms with Gasteiger partial charge in [-0.1, -0.05) is 60.7 Å². The summed E-state index contributed by atoms with van der Waals surface area (Å²) in [5, 5.41) is 12.8. The summed E-state index contributed by atoms with van der Waals surface area (Å²) in [4.78, 5) is 23.1. The van der Waals surface area contributed by atoms with Crippen LogP contribution in [0.15, 0.2) is 91.0 Å². The standard InChI is InChI=1S/C22H19N3O3/c26-22(16-15-19-11-7-8-14-21(19)25(27)28)23-24(20-12-5-2-6-13-20)17-18-9-3-1-4-10-18/h1-16H,17H2,(H,23,26)/b16-15+. The minimum absolute atomic E-state index is 0.0456. The first-order valence-corrected chi connectivity index (χ1v) is 8.72. The van der Waals surface area contributed by atoms with E-state index < -0.39 is 4.92 Å². The Morgan fingerprint density at radius 2 is 1.54 bits per heavy atom. The lowest BCUT2D eigenvalue weighted by molar-refractivity contribution is -0.385. The van der Waals surface area contributed by atoms with Gasteiger partial charge in [-0.25, -0.2) is 0 Å². The van der Waals surface area contributed by atoms with Crippen LogP contribution in [0.5, 0.6) is 0 Å². The smallest absolute Gasteiger partial charge is 0.276 e. The highest BCUT2D eigenvalue weighted by Gasteiger charge is 2.12. The van der Waals surface area contributed by atoms with E-state index >= 15 is 0 Å². The first kappa shape index (κ1) is 18.8. The minimum Gasteiger partial charge on any atom is -0.281 e. The second-order valence-corrected chi connectivity index (χ2v) is 6.03. The van der Waals surface area contributed by atoms with Crippen molar-refractivity contribution in [2.45, 2.75) is 6.54 Å². The fraction of sp³-hybridized carbons (Fsp3) is 0.0455. The Bertz CT molecular complexity index is 973. The zero-order valence-electron chi connectivity index (χ0n) is 15.1. The Morgan fingerprint density at radius 1 is 0.929 bits per heavy atom. The van der Waals surface area contributed by atoms with E-state index in [4.69, 9.17) is 0 Å². The molecule has 0 aliphatic heterocycles. The fourth-order valence-electron chi connectivity index (χ4n) is 2.70. The first-order chi connectivity index (χ1) is 13.6. The molecule has 0 aliphatic rings. The van der Waals surface area contributed by atoms with Crippen molar-refractivity contribution in [3.8, 4) is 0 Å². The Hall–Kier alpha value is -3.93. The molecule has 1 amide bonds. The Labute approximate surface area is 162 Å².